The maximum Gasteiger partial charge on any atom is 0.325 e. The maximum absolute atomic E-state index is 11.0. The molecule has 92 valence electrons. The molecule has 0 saturated carbocycles. The van der Waals surface area contributed by atoms with Gasteiger partial charge in [-0.05, 0) is 39.5 Å². The molecular formula is C11H12BrNO4. The molecule has 0 aliphatic carbocycles. The minimum atomic E-state index is -1.06. The van der Waals surface area contributed by atoms with Gasteiger partial charge in [0, 0.05) is 0 Å². The average Bonchev–Trinajstić information content (AvgIpc) is 2.76. The molecule has 1 aliphatic heterocycles. The van der Waals surface area contributed by atoms with E-state index in [-0.39, 0.29) is 6.79 Å². The number of aliphatic carboxylic acids is 1. The van der Waals surface area contributed by atoms with Crippen molar-refractivity contribution in [1.29, 1.82) is 0 Å². The summed E-state index contributed by atoms with van der Waals surface area (Å²) in [6.45, 7) is 2.07. The highest BCUT2D eigenvalue weighted by Crippen LogP contribution is 2.44. The van der Waals surface area contributed by atoms with Gasteiger partial charge in [0.2, 0.25) is 6.79 Å². The van der Waals surface area contributed by atoms with E-state index in [2.05, 4.69) is 15.9 Å². The van der Waals surface area contributed by atoms with Gasteiger partial charge in [-0.25, -0.2) is 0 Å². The Morgan fingerprint density at radius 1 is 1.65 bits per heavy atom. The molecule has 3 N–H and O–H groups in total. The summed E-state index contributed by atoms with van der Waals surface area (Å²) in [6.07, 6.45) is 0.660. The van der Waals surface area contributed by atoms with Crippen molar-refractivity contribution in [3.63, 3.8) is 0 Å². The highest BCUT2D eigenvalue weighted by atomic mass is 79.9. The van der Waals surface area contributed by atoms with Crippen molar-refractivity contribution in [3.05, 3.63) is 21.7 Å². The van der Waals surface area contributed by atoms with Crippen LogP contribution in [0.25, 0.3) is 0 Å². The molecule has 17 heavy (non-hydrogen) atoms. The van der Waals surface area contributed by atoms with Crippen LogP contribution in [0, 0.1) is 0 Å². The molecule has 0 spiro atoms. The van der Waals surface area contributed by atoms with Crippen LogP contribution in [0.5, 0.6) is 11.5 Å². The van der Waals surface area contributed by atoms with Crippen molar-refractivity contribution in [2.45, 2.75) is 19.4 Å². The Balaban J connectivity index is 2.59. The van der Waals surface area contributed by atoms with Gasteiger partial charge >= 0.3 is 5.97 Å². The molecule has 2 rings (SSSR count). The third kappa shape index (κ3) is 1.98. The van der Waals surface area contributed by atoms with E-state index in [9.17, 15) is 4.79 Å². The minimum absolute atomic E-state index is 0.142. The molecule has 5 nitrogen and oxygen atoms in total. The molecule has 1 unspecified atom stereocenters. The molecule has 1 aromatic carbocycles. The number of hydrogen-bond donors (Lipinski definition) is 2. The Morgan fingerprint density at radius 3 is 2.94 bits per heavy atom. The van der Waals surface area contributed by atoms with E-state index in [4.69, 9.17) is 20.3 Å². The molecule has 1 heterocycles. The van der Waals surface area contributed by atoms with E-state index in [1.807, 2.05) is 6.92 Å². The lowest BCUT2D eigenvalue weighted by Gasteiger charge is -2.15. The monoisotopic (exact) mass is 301 g/mol. The summed E-state index contributed by atoms with van der Waals surface area (Å²) in [5.41, 5.74) is 7.05. The van der Waals surface area contributed by atoms with Crippen molar-refractivity contribution >= 4 is 21.9 Å². The van der Waals surface area contributed by atoms with E-state index < -0.39 is 12.0 Å². The number of fused-ring (bicyclic) bond motifs is 1. The smallest absolute Gasteiger partial charge is 0.325 e. The molecular weight excluding hydrogens is 290 g/mol. The number of halogens is 1. The summed E-state index contributed by atoms with van der Waals surface area (Å²) in [6, 6.07) is 0.584. The standard InChI is InChI=1S/C11H12BrNO4/c1-2-5-6(9(13)11(14)15)3-7-10(8(5)12)17-4-16-7/h3,9H,2,4,13H2,1H3,(H,14,15). The van der Waals surface area contributed by atoms with Crippen molar-refractivity contribution in [1.82, 2.24) is 0 Å². The van der Waals surface area contributed by atoms with Gasteiger partial charge in [0.1, 0.15) is 6.04 Å². The van der Waals surface area contributed by atoms with E-state index in [1.54, 1.807) is 6.07 Å². The molecule has 1 aromatic rings. The summed E-state index contributed by atoms with van der Waals surface area (Å²) in [5.74, 6) is 0.0782. The lowest BCUT2D eigenvalue weighted by Crippen LogP contribution is -2.22. The van der Waals surface area contributed by atoms with Crippen LogP contribution in [0.3, 0.4) is 0 Å². The molecule has 0 bridgehead atoms. The second kappa shape index (κ2) is 4.54. The summed E-state index contributed by atoms with van der Waals surface area (Å²) < 4.78 is 11.3. The zero-order valence-electron chi connectivity index (χ0n) is 9.20. The van der Waals surface area contributed by atoms with Crippen molar-refractivity contribution in [3.8, 4) is 11.5 Å². The number of ether oxygens (including phenoxy) is 2. The van der Waals surface area contributed by atoms with Crippen LogP contribution in [-0.4, -0.2) is 17.9 Å². The Labute approximate surface area is 107 Å². The van der Waals surface area contributed by atoms with E-state index >= 15 is 0 Å². The van der Waals surface area contributed by atoms with Gasteiger partial charge in [0.15, 0.2) is 11.5 Å². The van der Waals surface area contributed by atoms with Crippen LogP contribution in [-0.2, 0) is 11.2 Å². The topological polar surface area (TPSA) is 81.8 Å². The van der Waals surface area contributed by atoms with Crippen LogP contribution in [0.2, 0.25) is 0 Å². The number of benzene rings is 1. The van der Waals surface area contributed by atoms with Crippen molar-refractivity contribution in [2.24, 2.45) is 5.73 Å². The second-order valence-electron chi connectivity index (χ2n) is 3.66. The Kier molecular flexibility index (Phi) is 3.26. The SMILES string of the molecule is CCc1c(C(N)C(=O)O)cc2c(c1Br)OCO2. The maximum atomic E-state index is 11.0. The largest absolute Gasteiger partial charge is 0.480 e. The summed E-state index contributed by atoms with van der Waals surface area (Å²) in [5, 5.41) is 8.98. The third-order valence-corrected chi connectivity index (χ3v) is 3.53. The van der Waals surface area contributed by atoms with E-state index in [0.717, 1.165) is 10.0 Å². The fourth-order valence-electron chi connectivity index (χ4n) is 1.83. The molecule has 1 atom stereocenters. The normalized spacial score (nSPS) is 14.8. The summed E-state index contributed by atoms with van der Waals surface area (Å²) >= 11 is 3.41. The van der Waals surface area contributed by atoms with Gasteiger partial charge in [0.05, 0.1) is 4.47 Å². The first-order valence-corrected chi connectivity index (χ1v) is 5.94. The van der Waals surface area contributed by atoms with E-state index in [0.29, 0.717) is 23.5 Å². The number of carboxylic acids is 1. The van der Waals surface area contributed by atoms with Crippen molar-refractivity contribution < 1.29 is 19.4 Å². The minimum Gasteiger partial charge on any atom is -0.480 e. The zero-order chi connectivity index (χ0) is 12.6. The molecule has 0 amide bonds. The number of nitrogens with two attached hydrogens (primary N) is 1. The molecule has 6 heteroatoms. The summed E-state index contributed by atoms with van der Waals surface area (Å²) in [7, 11) is 0. The van der Waals surface area contributed by atoms with Crippen LogP contribution < -0.4 is 15.2 Å². The highest BCUT2D eigenvalue weighted by Gasteiger charge is 2.26. The van der Waals surface area contributed by atoms with Crippen LogP contribution >= 0.6 is 15.9 Å². The predicted molar refractivity (Wildman–Crippen MR) is 64.2 cm³/mol. The first-order chi connectivity index (χ1) is 8.06. The zero-order valence-corrected chi connectivity index (χ0v) is 10.8. The second-order valence-corrected chi connectivity index (χ2v) is 4.45. The fraction of sp³-hybridized carbons (Fsp3) is 0.364. The average molecular weight is 302 g/mol. The number of rotatable bonds is 3. The molecule has 1 aliphatic rings. The first kappa shape index (κ1) is 12.2. The Morgan fingerprint density at radius 2 is 2.35 bits per heavy atom. The van der Waals surface area contributed by atoms with Gasteiger partial charge in [-0.3, -0.25) is 4.79 Å². The van der Waals surface area contributed by atoms with Crippen LogP contribution in [0.15, 0.2) is 10.5 Å². The predicted octanol–water partition coefficient (Wildman–Crippen LogP) is 1.82. The number of carbonyl (C=O) groups is 1. The van der Waals surface area contributed by atoms with Crippen LogP contribution in [0.1, 0.15) is 24.1 Å². The van der Waals surface area contributed by atoms with Gasteiger partial charge in [-0.1, -0.05) is 6.92 Å². The lowest BCUT2D eigenvalue weighted by molar-refractivity contribution is -0.138. The Bertz CT molecular complexity index is 475. The molecule has 0 saturated heterocycles. The van der Waals surface area contributed by atoms with Gasteiger partial charge < -0.3 is 20.3 Å². The Hall–Kier alpha value is -1.27. The number of hydrogen-bond acceptors (Lipinski definition) is 4. The van der Waals surface area contributed by atoms with Crippen LogP contribution in [0.4, 0.5) is 0 Å². The summed E-state index contributed by atoms with van der Waals surface area (Å²) in [4.78, 5) is 11.0. The quantitative estimate of drug-likeness (QED) is 0.890. The van der Waals surface area contributed by atoms with Gasteiger partial charge in [-0.2, -0.15) is 0 Å². The first-order valence-electron chi connectivity index (χ1n) is 5.15. The van der Waals surface area contributed by atoms with E-state index in [1.165, 1.54) is 0 Å². The molecule has 0 radical (unpaired) electrons. The number of carboxylic acid groups (broad SMARTS) is 1. The van der Waals surface area contributed by atoms with Crippen molar-refractivity contribution in [2.75, 3.05) is 6.79 Å². The molecule has 0 aromatic heterocycles. The fourth-order valence-corrected chi connectivity index (χ4v) is 2.65. The van der Waals surface area contributed by atoms with Gasteiger partial charge in [-0.15, -0.1) is 0 Å². The highest BCUT2D eigenvalue weighted by molar-refractivity contribution is 9.10. The van der Waals surface area contributed by atoms with Gasteiger partial charge in [0.25, 0.3) is 0 Å². The third-order valence-electron chi connectivity index (χ3n) is 2.70. The molecule has 0 fully saturated rings. The lowest BCUT2D eigenvalue weighted by atomic mass is 9.98.